The molecule has 2 N–H and O–H groups in total. The van der Waals surface area contributed by atoms with Crippen LogP contribution in [0.2, 0.25) is 0 Å². The van der Waals surface area contributed by atoms with Gasteiger partial charge >= 0.3 is 6.18 Å². The van der Waals surface area contributed by atoms with Crippen LogP contribution in [0, 0.1) is 6.92 Å². The summed E-state index contributed by atoms with van der Waals surface area (Å²) < 4.78 is 81.0. The van der Waals surface area contributed by atoms with Gasteiger partial charge in [0, 0.05) is 24.7 Å². The van der Waals surface area contributed by atoms with E-state index in [0.29, 0.717) is 16.9 Å². The third-order valence-corrected chi connectivity index (χ3v) is 5.89. The van der Waals surface area contributed by atoms with Gasteiger partial charge in [-0.3, -0.25) is 4.55 Å². The first kappa shape index (κ1) is 22.3. The molecule has 1 aromatic heterocycles. The number of rotatable bonds is 6. The van der Waals surface area contributed by atoms with E-state index in [1.165, 1.54) is 18.2 Å². The predicted octanol–water partition coefficient (Wildman–Crippen LogP) is 4.18. The minimum atomic E-state index is -4.56. The molecule has 1 heterocycles. The van der Waals surface area contributed by atoms with E-state index in [1.54, 1.807) is 37.5 Å². The Bertz CT molecular complexity index is 1190. The number of aromatic amines is 1. The molecule has 0 fully saturated rings. The highest BCUT2D eigenvalue weighted by Gasteiger charge is 2.38. The molecule has 0 bridgehead atoms. The Balaban J connectivity index is 2.23. The van der Waals surface area contributed by atoms with Crippen LogP contribution >= 0.6 is 0 Å². The molecule has 10 heteroatoms. The second kappa shape index (κ2) is 8.01. The number of aromatic nitrogens is 2. The molecule has 3 rings (SSSR count). The summed E-state index contributed by atoms with van der Waals surface area (Å²) in [5, 5.41) is 0. The maximum absolute atomic E-state index is 13.6. The van der Waals surface area contributed by atoms with Crippen LogP contribution in [0.25, 0.3) is 11.0 Å². The molecule has 1 atom stereocenters. The lowest BCUT2D eigenvalue weighted by atomic mass is 10.0. The topological polar surface area (TPSA) is 83.3 Å². The standard InChI is InChI=1S/C20H21F3N2O4S/c1-4-29-12(2)18-15(20(21,22)23)9-10-16-19(18)24-13(3)25(16)11-14-7-5-6-8-17(14)30(26,27)28/h5-10,12H,4,11H2,1-3H3,(H,26,27,28)/p+1. The Morgan fingerprint density at radius 2 is 1.87 bits per heavy atom. The van der Waals surface area contributed by atoms with E-state index in [9.17, 15) is 26.1 Å². The molecular formula is C20H22F3N2O4S+. The summed E-state index contributed by atoms with van der Waals surface area (Å²) in [5.41, 5.74) is 0.252. The number of H-pyrrole nitrogens is 1. The van der Waals surface area contributed by atoms with Crippen LogP contribution < -0.4 is 4.57 Å². The molecule has 0 spiro atoms. The van der Waals surface area contributed by atoms with Crippen molar-refractivity contribution in [2.45, 2.75) is 44.5 Å². The molecule has 3 aromatic rings. The van der Waals surface area contributed by atoms with Crippen LogP contribution in [-0.2, 0) is 27.6 Å². The van der Waals surface area contributed by atoms with Crippen molar-refractivity contribution < 1.29 is 35.4 Å². The Kier molecular flexibility index (Phi) is 5.94. The molecule has 6 nitrogen and oxygen atoms in total. The van der Waals surface area contributed by atoms with Gasteiger partial charge in [0.2, 0.25) is 0 Å². The van der Waals surface area contributed by atoms with Crippen LogP contribution in [0.15, 0.2) is 41.3 Å². The zero-order valence-corrected chi connectivity index (χ0v) is 17.4. The molecule has 0 saturated carbocycles. The van der Waals surface area contributed by atoms with Crippen LogP contribution in [0.5, 0.6) is 0 Å². The number of ether oxygens (including phenoxy) is 1. The van der Waals surface area contributed by atoms with Crippen LogP contribution in [0.1, 0.15) is 42.5 Å². The van der Waals surface area contributed by atoms with Crippen molar-refractivity contribution in [2.75, 3.05) is 6.61 Å². The number of nitrogens with one attached hydrogen (secondary N) is 1. The molecule has 0 aliphatic rings. The van der Waals surface area contributed by atoms with Gasteiger partial charge in [-0.15, -0.1) is 0 Å². The quantitative estimate of drug-likeness (QED) is 0.442. The van der Waals surface area contributed by atoms with Crippen molar-refractivity contribution in [2.24, 2.45) is 0 Å². The number of halogens is 3. The molecule has 162 valence electrons. The molecule has 0 aliphatic carbocycles. The number of benzene rings is 2. The SMILES string of the molecule is CCOC(C)c1c(C(F)(F)F)ccc2c1[nH]c(C)[n+]2Cc1ccccc1S(=O)(=O)O. The molecule has 0 aliphatic heterocycles. The fourth-order valence-corrected chi connectivity index (χ4v) is 4.37. The number of fused-ring (bicyclic) bond motifs is 1. The summed E-state index contributed by atoms with van der Waals surface area (Å²) in [7, 11) is -4.45. The molecule has 1 unspecified atom stereocenters. The van der Waals surface area contributed by atoms with E-state index in [2.05, 4.69) is 4.98 Å². The zero-order chi connectivity index (χ0) is 22.3. The maximum atomic E-state index is 13.6. The Labute approximate surface area is 172 Å². The average molecular weight is 443 g/mol. The normalized spacial score (nSPS) is 13.7. The van der Waals surface area contributed by atoms with Gasteiger partial charge in [0.1, 0.15) is 11.4 Å². The van der Waals surface area contributed by atoms with E-state index in [1.807, 2.05) is 0 Å². The van der Waals surface area contributed by atoms with Gasteiger partial charge in [0.25, 0.3) is 15.9 Å². The molecule has 30 heavy (non-hydrogen) atoms. The van der Waals surface area contributed by atoms with Gasteiger partial charge in [0.05, 0.1) is 11.7 Å². The highest BCUT2D eigenvalue weighted by Crippen LogP contribution is 2.38. The van der Waals surface area contributed by atoms with Crippen LogP contribution in [0.4, 0.5) is 13.2 Å². The largest absolute Gasteiger partial charge is 0.416 e. The maximum Gasteiger partial charge on any atom is 0.416 e. The van der Waals surface area contributed by atoms with Gasteiger partial charge in [0.15, 0.2) is 11.0 Å². The van der Waals surface area contributed by atoms with E-state index < -0.39 is 28.0 Å². The number of hydrogen-bond acceptors (Lipinski definition) is 3. The lowest BCUT2D eigenvalue weighted by molar-refractivity contribution is -0.668. The summed E-state index contributed by atoms with van der Waals surface area (Å²) in [6.07, 6.45) is -5.37. The molecule has 2 aromatic carbocycles. The smallest absolute Gasteiger partial charge is 0.374 e. The Morgan fingerprint density at radius 3 is 2.47 bits per heavy atom. The summed E-state index contributed by atoms with van der Waals surface area (Å²) in [6.45, 7) is 5.22. The summed E-state index contributed by atoms with van der Waals surface area (Å²) >= 11 is 0. The third-order valence-electron chi connectivity index (χ3n) is 4.93. The van der Waals surface area contributed by atoms with Gasteiger partial charge in [-0.1, -0.05) is 18.2 Å². The first-order valence-corrected chi connectivity index (χ1v) is 10.7. The Hall–Kier alpha value is -2.43. The highest BCUT2D eigenvalue weighted by molar-refractivity contribution is 7.85. The third kappa shape index (κ3) is 4.21. The number of imidazole rings is 1. The van der Waals surface area contributed by atoms with E-state index >= 15 is 0 Å². The summed E-state index contributed by atoms with van der Waals surface area (Å²) in [5.74, 6) is 0.527. The minimum Gasteiger partial charge on any atom is -0.374 e. The lowest BCUT2D eigenvalue weighted by Gasteiger charge is -2.17. The van der Waals surface area contributed by atoms with Crippen molar-refractivity contribution in [1.29, 1.82) is 0 Å². The van der Waals surface area contributed by atoms with Crippen LogP contribution in [0.3, 0.4) is 0 Å². The van der Waals surface area contributed by atoms with Crippen molar-refractivity contribution in [3.63, 3.8) is 0 Å². The molecule has 0 saturated heterocycles. The number of hydrogen-bond donors (Lipinski definition) is 2. The Morgan fingerprint density at radius 1 is 1.20 bits per heavy atom. The molecular weight excluding hydrogens is 421 g/mol. The fraction of sp³-hybridized carbons (Fsp3) is 0.350. The van der Waals surface area contributed by atoms with Gasteiger partial charge < -0.3 is 4.74 Å². The monoisotopic (exact) mass is 443 g/mol. The first-order chi connectivity index (χ1) is 13.9. The summed E-state index contributed by atoms with van der Waals surface area (Å²) in [6, 6.07) is 8.28. The van der Waals surface area contributed by atoms with E-state index in [4.69, 9.17) is 4.74 Å². The van der Waals surface area contributed by atoms with E-state index in [0.717, 1.165) is 6.07 Å². The van der Waals surface area contributed by atoms with Crippen molar-refractivity contribution in [1.82, 2.24) is 4.98 Å². The number of nitrogens with zero attached hydrogens (tertiary/aromatic N) is 1. The number of aryl methyl sites for hydroxylation is 1. The second-order valence-electron chi connectivity index (χ2n) is 6.90. The van der Waals surface area contributed by atoms with Crippen molar-refractivity contribution in [3.05, 3.63) is 58.9 Å². The summed E-state index contributed by atoms with van der Waals surface area (Å²) in [4.78, 5) is 2.75. The molecule has 0 amide bonds. The van der Waals surface area contributed by atoms with Gasteiger partial charge in [-0.05, 0) is 32.0 Å². The van der Waals surface area contributed by atoms with Gasteiger partial charge in [-0.2, -0.15) is 21.6 Å². The fourth-order valence-electron chi connectivity index (χ4n) is 3.66. The second-order valence-corrected chi connectivity index (χ2v) is 8.29. The number of alkyl halides is 3. The van der Waals surface area contributed by atoms with Gasteiger partial charge in [-0.25, -0.2) is 9.55 Å². The lowest BCUT2D eigenvalue weighted by Crippen LogP contribution is -2.37. The predicted molar refractivity (Wildman–Crippen MR) is 104 cm³/mol. The minimum absolute atomic E-state index is 0.00763. The van der Waals surface area contributed by atoms with Crippen LogP contribution in [-0.4, -0.2) is 24.6 Å². The first-order valence-electron chi connectivity index (χ1n) is 9.24. The highest BCUT2D eigenvalue weighted by atomic mass is 32.2. The molecule has 0 radical (unpaired) electrons. The zero-order valence-electron chi connectivity index (χ0n) is 16.6. The van der Waals surface area contributed by atoms with E-state index in [-0.39, 0.29) is 29.1 Å². The van der Waals surface area contributed by atoms with Crippen molar-refractivity contribution >= 4 is 21.2 Å². The van der Waals surface area contributed by atoms with Crippen molar-refractivity contribution in [3.8, 4) is 0 Å². The average Bonchev–Trinajstić information content (AvgIpc) is 2.95.